The minimum Gasteiger partial charge on any atom is -0.314 e. The van der Waals surface area contributed by atoms with Gasteiger partial charge in [-0.3, -0.25) is 9.80 Å². The highest BCUT2D eigenvalue weighted by atomic mass is 35.5. The average Bonchev–Trinajstić information content (AvgIpc) is 2.00. The number of rotatable bonds is 1. The number of piperazine rings is 1. The van der Waals surface area contributed by atoms with Crippen molar-refractivity contribution in [2.75, 3.05) is 39.3 Å². The Morgan fingerprint density at radius 3 is 1.65 bits per heavy atom. The normalized spacial score (nSPS) is 22.8. The Morgan fingerprint density at radius 2 is 1.35 bits per heavy atom. The Morgan fingerprint density at radius 1 is 0.882 bits per heavy atom. The summed E-state index contributed by atoms with van der Waals surface area (Å²) in [5.74, 6) is 0. The van der Waals surface area contributed by atoms with Gasteiger partial charge in [0.2, 0.25) is 0 Å². The molecule has 2 fully saturated rings. The van der Waals surface area contributed by atoms with E-state index in [-0.39, 0.29) is 37.2 Å². The molecule has 0 atom stereocenters. The van der Waals surface area contributed by atoms with Crippen LogP contribution in [0.5, 0.6) is 0 Å². The lowest BCUT2D eigenvalue weighted by Gasteiger charge is -2.46. The molecule has 0 aliphatic carbocycles. The second kappa shape index (κ2) is 8.03. The summed E-state index contributed by atoms with van der Waals surface area (Å²) >= 11 is 0. The summed E-state index contributed by atoms with van der Waals surface area (Å²) in [7, 11) is 0. The number of nitrogens with one attached hydrogen (secondary N) is 1. The van der Waals surface area contributed by atoms with E-state index in [4.69, 9.17) is 0 Å². The van der Waals surface area contributed by atoms with E-state index < -0.39 is 0 Å². The summed E-state index contributed by atoms with van der Waals surface area (Å²) in [6.45, 7) is 14.3. The minimum atomic E-state index is 0. The monoisotopic (exact) mass is 305 g/mol. The molecule has 2 aliphatic rings. The first-order valence-electron chi connectivity index (χ1n) is 5.77. The van der Waals surface area contributed by atoms with Gasteiger partial charge in [-0.25, -0.2) is 0 Å². The summed E-state index contributed by atoms with van der Waals surface area (Å²) in [5, 5.41) is 3.34. The molecule has 0 saturated carbocycles. The third-order valence-electron chi connectivity index (χ3n) is 3.54. The quantitative estimate of drug-likeness (QED) is 0.794. The first kappa shape index (κ1) is 20.1. The van der Waals surface area contributed by atoms with E-state index in [2.05, 4.69) is 35.9 Å². The third kappa shape index (κ3) is 5.09. The molecule has 2 heterocycles. The first-order chi connectivity index (χ1) is 6.57. The van der Waals surface area contributed by atoms with Crippen molar-refractivity contribution in [3.05, 3.63) is 0 Å². The van der Waals surface area contributed by atoms with Crippen LogP contribution in [0.25, 0.3) is 0 Å². The van der Waals surface area contributed by atoms with Crippen molar-refractivity contribution in [1.82, 2.24) is 15.1 Å². The molecule has 1 N–H and O–H groups in total. The Balaban J connectivity index is 0. The van der Waals surface area contributed by atoms with Gasteiger partial charge in [-0.05, 0) is 20.8 Å². The largest absolute Gasteiger partial charge is 0.314 e. The maximum atomic E-state index is 3.34. The van der Waals surface area contributed by atoms with Gasteiger partial charge in [0.05, 0.1) is 0 Å². The van der Waals surface area contributed by atoms with Crippen molar-refractivity contribution < 1.29 is 0 Å². The zero-order chi connectivity index (χ0) is 10.2. The smallest absolute Gasteiger partial charge is 0.0346 e. The molecule has 0 bridgehead atoms. The summed E-state index contributed by atoms with van der Waals surface area (Å²) in [5.41, 5.74) is 0.351. The summed E-state index contributed by atoms with van der Waals surface area (Å²) in [4.78, 5) is 5.23. The molecule has 106 valence electrons. The molecule has 6 heteroatoms. The van der Waals surface area contributed by atoms with Gasteiger partial charge < -0.3 is 5.32 Å². The van der Waals surface area contributed by atoms with Gasteiger partial charge in [0.25, 0.3) is 0 Å². The molecule has 2 aliphatic heterocycles. The zero-order valence-corrected chi connectivity index (χ0v) is 13.4. The van der Waals surface area contributed by atoms with Crippen molar-refractivity contribution >= 4 is 37.2 Å². The highest BCUT2D eigenvalue weighted by molar-refractivity contribution is 5.86. The van der Waals surface area contributed by atoms with Crippen LogP contribution >= 0.6 is 37.2 Å². The first-order valence-corrected chi connectivity index (χ1v) is 5.77. The fraction of sp³-hybridized carbons (Fsp3) is 1.00. The molecular weight excluding hydrogens is 281 g/mol. The Hall–Kier alpha value is 0.750. The maximum Gasteiger partial charge on any atom is 0.0346 e. The highest BCUT2D eigenvalue weighted by Gasteiger charge is 2.30. The SMILES string of the molecule is CC(C)(C)N1CCN(C2CNC2)CC1.Cl.Cl.Cl. The van der Waals surface area contributed by atoms with E-state index in [0.717, 1.165) is 6.04 Å². The predicted molar refractivity (Wildman–Crippen MR) is 81.3 cm³/mol. The van der Waals surface area contributed by atoms with Crippen LogP contribution in [0.2, 0.25) is 0 Å². The molecule has 0 amide bonds. The average molecular weight is 307 g/mol. The summed E-state index contributed by atoms with van der Waals surface area (Å²) < 4.78 is 0. The van der Waals surface area contributed by atoms with Gasteiger partial charge in [-0.1, -0.05) is 0 Å². The fourth-order valence-corrected chi connectivity index (χ4v) is 2.29. The molecule has 0 radical (unpaired) electrons. The van der Waals surface area contributed by atoms with Crippen molar-refractivity contribution in [3.8, 4) is 0 Å². The van der Waals surface area contributed by atoms with Crippen molar-refractivity contribution in [3.63, 3.8) is 0 Å². The topological polar surface area (TPSA) is 18.5 Å². The van der Waals surface area contributed by atoms with Crippen LogP contribution in [-0.2, 0) is 0 Å². The standard InChI is InChI=1S/C11H23N3.3ClH/c1-11(2,3)14-6-4-13(5-7-14)10-8-12-9-10;;;/h10,12H,4-9H2,1-3H3;3*1H. The maximum absolute atomic E-state index is 3.34. The van der Waals surface area contributed by atoms with Crippen LogP contribution in [0.1, 0.15) is 20.8 Å². The van der Waals surface area contributed by atoms with Gasteiger partial charge >= 0.3 is 0 Å². The van der Waals surface area contributed by atoms with Crippen molar-refractivity contribution in [2.24, 2.45) is 0 Å². The Labute approximate surface area is 124 Å². The number of hydrogen-bond donors (Lipinski definition) is 1. The van der Waals surface area contributed by atoms with E-state index in [9.17, 15) is 0 Å². The van der Waals surface area contributed by atoms with Crippen LogP contribution in [0.4, 0.5) is 0 Å². The van der Waals surface area contributed by atoms with Gasteiger partial charge in [-0.2, -0.15) is 0 Å². The van der Waals surface area contributed by atoms with E-state index in [0.29, 0.717) is 5.54 Å². The van der Waals surface area contributed by atoms with Crippen LogP contribution in [0, 0.1) is 0 Å². The zero-order valence-electron chi connectivity index (χ0n) is 10.9. The molecule has 17 heavy (non-hydrogen) atoms. The molecule has 2 saturated heterocycles. The van der Waals surface area contributed by atoms with E-state index >= 15 is 0 Å². The second-order valence-corrected chi connectivity index (χ2v) is 5.51. The molecule has 0 aromatic rings. The van der Waals surface area contributed by atoms with Crippen LogP contribution < -0.4 is 5.32 Å². The van der Waals surface area contributed by atoms with Crippen molar-refractivity contribution in [2.45, 2.75) is 32.4 Å². The van der Waals surface area contributed by atoms with E-state index in [1.54, 1.807) is 0 Å². The van der Waals surface area contributed by atoms with Crippen LogP contribution in [-0.4, -0.2) is 60.6 Å². The fourth-order valence-electron chi connectivity index (χ4n) is 2.29. The van der Waals surface area contributed by atoms with Crippen LogP contribution in [0.15, 0.2) is 0 Å². The lowest BCUT2D eigenvalue weighted by molar-refractivity contribution is 0.0296. The molecule has 0 unspecified atom stereocenters. The Bertz CT molecular complexity index is 197. The summed E-state index contributed by atoms with van der Waals surface area (Å²) in [6, 6.07) is 0.831. The molecule has 0 aromatic heterocycles. The number of hydrogen-bond acceptors (Lipinski definition) is 3. The van der Waals surface area contributed by atoms with E-state index in [1.807, 2.05) is 0 Å². The Kier molecular flexibility index (Phi) is 9.48. The highest BCUT2D eigenvalue weighted by Crippen LogP contribution is 2.17. The van der Waals surface area contributed by atoms with Gasteiger partial charge in [-0.15, -0.1) is 37.2 Å². The molecule has 0 spiro atoms. The number of nitrogens with zero attached hydrogens (tertiary/aromatic N) is 2. The lowest BCUT2D eigenvalue weighted by atomic mass is 10.0. The number of halogens is 3. The summed E-state index contributed by atoms with van der Waals surface area (Å²) in [6.07, 6.45) is 0. The van der Waals surface area contributed by atoms with E-state index in [1.165, 1.54) is 39.3 Å². The third-order valence-corrected chi connectivity index (χ3v) is 3.54. The van der Waals surface area contributed by atoms with Gasteiger partial charge in [0.15, 0.2) is 0 Å². The molecule has 3 nitrogen and oxygen atoms in total. The van der Waals surface area contributed by atoms with Crippen molar-refractivity contribution in [1.29, 1.82) is 0 Å². The molecular formula is C11H26Cl3N3. The minimum absolute atomic E-state index is 0. The molecule has 2 rings (SSSR count). The predicted octanol–water partition coefficient (Wildman–Crippen LogP) is 1.64. The van der Waals surface area contributed by atoms with Gasteiger partial charge in [0, 0.05) is 50.8 Å². The molecule has 0 aromatic carbocycles. The van der Waals surface area contributed by atoms with Gasteiger partial charge in [0.1, 0.15) is 0 Å². The second-order valence-electron chi connectivity index (χ2n) is 5.51. The lowest BCUT2D eigenvalue weighted by Crippen LogP contribution is -2.63. The van der Waals surface area contributed by atoms with Crippen LogP contribution in [0.3, 0.4) is 0 Å².